The second kappa shape index (κ2) is 7.12. The van der Waals surface area contributed by atoms with Crippen LogP contribution in [0.5, 0.6) is 0 Å². The third-order valence-electron chi connectivity index (χ3n) is 1.31. The summed E-state index contributed by atoms with van der Waals surface area (Å²) < 4.78 is 15.9. The molecule has 0 rings (SSSR count). The summed E-state index contributed by atoms with van der Waals surface area (Å²) >= 11 is 0. The van der Waals surface area contributed by atoms with Crippen LogP contribution in [-0.4, -0.2) is 37.1 Å². The van der Waals surface area contributed by atoms with Gasteiger partial charge in [-0.15, -0.1) is 0 Å². The summed E-state index contributed by atoms with van der Waals surface area (Å²) in [5.74, 6) is -0.964. The van der Waals surface area contributed by atoms with Crippen LogP contribution in [0.4, 0.5) is 0 Å². The topological polar surface area (TPSA) is 65.0 Å². The fraction of sp³-hybridized carbons (Fsp3) is 0.875. The second-order valence-corrected chi connectivity index (χ2v) is 4.73. The van der Waals surface area contributed by atoms with Crippen molar-refractivity contribution in [3.8, 4) is 0 Å². The van der Waals surface area contributed by atoms with E-state index in [9.17, 15) is 4.79 Å². The van der Waals surface area contributed by atoms with Crippen LogP contribution in [0.15, 0.2) is 0 Å². The molecular formula is C8H18O5P+. The summed E-state index contributed by atoms with van der Waals surface area (Å²) in [5, 5.41) is 8.72. The van der Waals surface area contributed by atoms with Crippen molar-refractivity contribution in [3.63, 3.8) is 0 Å². The molecule has 0 aliphatic rings. The summed E-state index contributed by atoms with van der Waals surface area (Å²) in [6.07, 6.45) is -0.206. The van der Waals surface area contributed by atoms with E-state index in [0.29, 0.717) is 19.8 Å². The molecule has 0 aromatic rings. The van der Waals surface area contributed by atoms with Crippen LogP contribution in [0.3, 0.4) is 0 Å². The lowest BCUT2D eigenvalue weighted by atomic mass is 10.8. The van der Waals surface area contributed by atoms with E-state index in [0.717, 1.165) is 0 Å². The number of rotatable bonds is 8. The van der Waals surface area contributed by atoms with Crippen LogP contribution in [0, 0.1) is 0 Å². The number of aliphatic carboxylic acids is 1. The second-order valence-electron chi connectivity index (χ2n) is 2.42. The Morgan fingerprint density at radius 3 is 1.64 bits per heavy atom. The zero-order valence-corrected chi connectivity index (χ0v) is 9.75. The highest BCUT2D eigenvalue weighted by Crippen LogP contribution is 2.61. The molecule has 0 saturated carbocycles. The number of carboxylic acids is 1. The standard InChI is InChI=1S/C8H17O5P/c1-4-11-14(12-5-2,13-6-3)7-8(9)10/h4-7H2,1-3H3/p+1. The zero-order chi connectivity index (χ0) is 11.0. The van der Waals surface area contributed by atoms with E-state index in [4.69, 9.17) is 18.7 Å². The van der Waals surface area contributed by atoms with Gasteiger partial charge in [-0.05, 0) is 20.8 Å². The molecule has 0 radical (unpaired) electrons. The molecule has 0 bridgehead atoms. The van der Waals surface area contributed by atoms with Crippen molar-refractivity contribution >= 4 is 13.9 Å². The van der Waals surface area contributed by atoms with E-state index in [1.54, 1.807) is 20.8 Å². The molecule has 84 valence electrons. The first-order valence-corrected chi connectivity index (χ1v) is 6.36. The molecule has 0 atom stereocenters. The molecule has 0 heterocycles. The molecule has 0 aliphatic carbocycles. The van der Waals surface area contributed by atoms with Crippen molar-refractivity contribution in [2.75, 3.05) is 26.0 Å². The highest BCUT2D eigenvalue weighted by molar-refractivity contribution is 7.62. The molecule has 6 heteroatoms. The van der Waals surface area contributed by atoms with E-state index in [2.05, 4.69) is 0 Å². The van der Waals surface area contributed by atoms with Crippen LogP contribution in [0.2, 0.25) is 0 Å². The monoisotopic (exact) mass is 225 g/mol. The van der Waals surface area contributed by atoms with Crippen LogP contribution in [0.25, 0.3) is 0 Å². The molecule has 0 spiro atoms. The van der Waals surface area contributed by atoms with Gasteiger partial charge in [-0.25, -0.2) is 4.79 Å². The zero-order valence-electron chi connectivity index (χ0n) is 8.86. The minimum absolute atomic E-state index is 0.206. The quantitative estimate of drug-likeness (QED) is 0.639. The van der Waals surface area contributed by atoms with Crippen LogP contribution >= 0.6 is 7.94 Å². The Kier molecular flexibility index (Phi) is 7.01. The Balaban J connectivity index is 4.45. The van der Waals surface area contributed by atoms with Gasteiger partial charge in [0.2, 0.25) is 6.16 Å². The van der Waals surface area contributed by atoms with E-state index < -0.39 is 13.9 Å². The van der Waals surface area contributed by atoms with Crippen molar-refractivity contribution in [2.45, 2.75) is 20.8 Å². The molecule has 1 N–H and O–H groups in total. The first-order valence-electron chi connectivity index (χ1n) is 4.63. The van der Waals surface area contributed by atoms with Gasteiger partial charge in [-0.1, -0.05) is 0 Å². The Morgan fingerprint density at radius 2 is 1.43 bits per heavy atom. The van der Waals surface area contributed by atoms with Gasteiger partial charge < -0.3 is 5.11 Å². The lowest BCUT2D eigenvalue weighted by Gasteiger charge is -2.18. The first kappa shape index (κ1) is 13.8. The maximum atomic E-state index is 10.6. The van der Waals surface area contributed by atoms with Crippen molar-refractivity contribution in [2.24, 2.45) is 0 Å². The van der Waals surface area contributed by atoms with Crippen molar-refractivity contribution in [1.82, 2.24) is 0 Å². The lowest BCUT2D eigenvalue weighted by molar-refractivity contribution is -0.134. The normalized spacial score (nSPS) is 11.6. The van der Waals surface area contributed by atoms with Gasteiger partial charge in [-0.2, -0.15) is 13.6 Å². The maximum Gasteiger partial charge on any atom is 0.423 e. The molecule has 0 fully saturated rings. The Morgan fingerprint density at radius 1 is 1.07 bits per heavy atom. The van der Waals surface area contributed by atoms with Gasteiger partial charge in [-0.3, -0.25) is 0 Å². The number of carboxylic acid groups (broad SMARTS) is 1. The van der Waals surface area contributed by atoms with Gasteiger partial charge in [0.05, 0.1) is 19.8 Å². The van der Waals surface area contributed by atoms with E-state index in [1.165, 1.54) is 0 Å². The predicted molar refractivity (Wildman–Crippen MR) is 54.3 cm³/mol. The largest absolute Gasteiger partial charge is 0.478 e. The van der Waals surface area contributed by atoms with Crippen molar-refractivity contribution < 1.29 is 23.5 Å². The van der Waals surface area contributed by atoms with Gasteiger partial charge in [0.15, 0.2) is 0 Å². The average molecular weight is 225 g/mol. The van der Waals surface area contributed by atoms with Gasteiger partial charge in [0, 0.05) is 0 Å². The fourth-order valence-corrected chi connectivity index (χ4v) is 3.01. The van der Waals surface area contributed by atoms with Crippen LogP contribution in [0.1, 0.15) is 20.8 Å². The summed E-state index contributed by atoms with van der Waals surface area (Å²) in [4.78, 5) is 10.6. The SMILES string of the molecule is CCO[P+](CC(=O)O)(OCC)OCC. The van der Waals surface area contributed by atoms with Gasteiger partial charge >= 0.3 is 13.9 Å². The minimum atomic E-state index is -2.65. The summed E-state index contributed by atoms with van der Waals surface area (Å²) in [6.45, 7) is 6.53. The fourth-order valence-electron chi connectivity index (χ4n) is 1.00. The Labute approximate surface area is 84.9 Å². The van der Waals surface area contributed by atoms with Gasteiger partial charge in [0.25, 0.3) is 0 Å². The molecule has 0 aromatic carbocycles. The van der Waals surface area contributed by atoms with E-state index in [1.807, 2.05) is 0 Å². The molecule has 0 amide bonds. The van der Waals surface area contributed by atoms with Crippen LogP contribution in [-0.2, 0) is 18.4 Å². The number of hydrogen-bond acceptors (Lipinski definition) is 4. The average Bonchev–Trinajstić information content (AvgIpc) is 2.03. The summed E-state index contributed by atoms with van der Waals surface area (Å²) in [7, 11) is -2.65. The van der Waals surface area contributed by atoms with Crippen molar-refractivity contribution in [3.05, 3.63) is 0 Å². The van der Waals surface area contributed by atoms with Crippen LogP contribution < -0.4 is 0 Å². The Hall–Kier alpha value is -0.220. The predicted octanol–water partition coefficient (Wildman–Crippen LogP) is 1.94. The highest BCUT2D eigenvalue weighted by Gasteiger charge is 2.47. The Bertz CT molecular complexity index is 156. The van der Waals surface area contributed by atoms with E-state index >= 15 is 0 Å². The van der Waals surface area contributed by atoms with Gasteiger partial charge in [0.1, 0.15) is 0 Å². The molecule has 0 unspecified atom stereocenters. The molecule has 0 aliphatic heterocycles. The number of hydrogen-bond donors (Lipinski definition) is 1. The van der Waals surface area contributed by atoms with Crippen molar-refractivity contribution in [1.29, 1.82) is 0 Å². The van der Waals surface area contributed by atoms with E-state index in [-0.39, 0.29) is 6.16 Å². The summed E-state index contributed by atoms with van der Waals surface area (Å²) in [6, 6.07) is 0. The third-order valence-corrected chi connectivity index (χ3v) is 3.92. The lowest BCUT2D eigenvalue weighted by Crippen LogP contribution is -2.16. The maximum absolute atomic E-state index is 10.6. The molecule has 0 saturated heterocycles. The third kappa shape index (κ3) is 4.86. The molecular weight excluding hydrogens is 207 g/mol. The molecule has 5 nitrogen and oxygen atoms in total. The number of carbonyl (C=O) groups is 1. The first-order chi connectivity index (χ1) is 6.60. The molecule has 14 heavy (non-hydrogen) atoms. The molecule has 0 aromatic heterocycles. The highest BCUT2D eigenvalue weighted by atomic mass is 31.2. The summed E-state index contributed by atoms with van der Waals surface area (Å²) in [5.41, 5.74) is 0. The smallest absolute Gasteiger partial charge is 0.423 e. The minimum Gasteiger partial charge on any atom is -0.478 e.